The molecule has 0 aliphatic carbocycles. The van der Waals surface area contributed by atoms with Crippen LogP contribution in [-0.2, 0) is 11.2 Å². The molecule has 1 fully saturated rings. The van der Waals surface area contributed by atoms with Gasteiger partial charge in [-0.25, -0.2) is 9.78 Å². The Bertz CT molecular complexity index is 552. The monoisotopic (exact) mass is 353 g/mol. The topological polar surface area (TPSA) is 78.9 Å². The van der Waals surface area contributed by atoms with Crippen LogP contribution in [0.3, 0.4) is 0 Å². The number of guanidine groups is 1. The molecule has 2 N–H and O–H groups in total. The normalized spacial score (nSPS) is 16.1. The van der Waals surface area contributed by atoms with E-state index in [0.717, 1.165) is 36.8 Å². The van der Waals surface area contributed by atoms with E-state index in [1.807, 2.05) is 6.20 Å². The summed E-state index contributed by atoms with van der Waals surface area (Å²) in [5.41, 5.74) is 0. The molecule has 1 saturated heterocycles. The number of likely N-dealkylation sites (tertiary alicyclic amines) is 1. The highest BCUT2D eigenvalue weighted by atomic mass is 32.1. The molecule has 7 nitrogen and oxygen atoms in total. The van der Waals surface area contributed by atoms with Crippen molar-refractivity contribution in [3.8, 4) is 0 Å². The maximum Gasteiger partial charge on any atom is 0.409 e. The van der Waals surface area contributed by atoms with Gasteiger partial charge >= 0.3 is 6.09 Å². The number of amides is 1. The molecule has 0 radical (unpaired) electrons. The first-order valence-electron chi connectivity index (χ1n) is 8.41. The molecule has 2 heterocycles. The molecular weight excluding hydrogens is 326 g/mol. The second-order valence-corrected chi connectivity index (χ2v) is 7.07. The van der Waals surface area contributed by atoms with Crippen molar-refractivity contribution in [1.82, 2.24) is 20.5 Å². The number of methoxy groups -OCH3 is 1. The second kappa shape index (κ2) is 9.46. The van der Waals surface area contributed by atoms with Gasteiger partial charge in [0.05, 0.1) is 12.1 Å². The van der Waals surface area contributed by atoms with Crippen molar-refractivity contribution in [3.05, 3.63) is 16.1 Å². The average Bonchev–Trinajstić information content (AvgIpc) is 3.00. The molecule has 2 rings (SSSR count). The third kappa shape index (κ3) is 5.67. The fourth-order valence-corrected chi connectivity index (χ4v) is 3.41. The molecule has 1 amide bonds. The van der Waals surface area contributed by atoms with Gasteiger partial charge in [-0.2, -0.15) is 0 Å². The van der Waals surface area contributed by atoms with E-state index in [1.165, 1.54) is 12.0 Å². The van der Waals surface area contributed by atoms with Gasteiger partial charge in [-0.1, -0.05) is 0 Å². The third-order valence-electron chi connectivity index (χ3n) is 3.88. The van der Waals surface area contributed by atoms with Crippen molar-refractivity contribution >= 4 is 23.4 Å². The zero-order chi connectivity index (χ0) is 17.4. The smallest absolute Gasteiger partial charge is 0.409 e. The molecule has 24 heavy (non-hydrogen) atoms. The minimum absolute atomic E-state index is 0.243. The lowest BCUT2D eigenvalue weighted by Gasteiger charge is -2.32. The summed E-state index contributed by atoms with van der Waals surface area (Å²) in [6.45, 7) is 7.08. The van der Waals surface area contributed by atoms with E-state index >= 15 is 0 Å². The zero-order valence-corrected chi connectivity index (χ0v) is 15.5. The number of aryl methyl sites for hydroxylation is 1. The maximum atomic E-state index is 11.5. The number of ether oxygens (including phenoxy) is 1. The number of aliphatic imine (C=N–C) groups is 1. The standard InChI is InChI=1S/C16H27N5O2S/c1-4-17-15(18-8-5-14-19-11-12(2)24-14)20-13-6-9-21(10-7-13)16(22)23-3/h11,13H,4-10H2,1-3H3,(H2,17,18,20). The van der Waals surface area contributed by atoms with Crippen LogP contribution < -0.4 is 10.6 Å². The van der Waals surface area contributed by atoms with Gasteiger partial charge in [0.15, 0.2) is 5.96 Å². The highest BCUT2D eigenvalue weighted by Gasteiger charge is 2.23. The summed E-state index contributed by atoms with van der Waals surface area (Å²) in [4.78, 5) is 23.5. The Morgan fingerprint density at radius 1 is 1.50 bits per heavy atom. The van der Waals surface area contributed by atoms with E-state index in [1.54, 1.807) is 16.2 Å². The minimum Gasteiger partial charge on any atom is -0.453 e. The molecule has 0 atom stereocenters. The lowest BCUT2D eigenvalue weighted by Crippen LogP contribution is -2.49. The predicted molar refractivity (Wildman–Crippen MR) is 96.7 cm³/mol. The van der Waals surface area contributed by atoms with Crippen LogP contribution in [-0.4, -0.2) is 61.3 Å². The van der Waals surface area contributed by atoms with Crippen LogP contribution in [0.2, 0.25) is 0 Å². The van der Waals surface area contributed by atoms with Crippen molar-refractivity contribution in [1.29, 1.82) is 0 Å². The van der Waals surface area contributed by atoms with Gasteiger partial charge in [0.1, 0.15) is 0 Å². The van der Waals surface area contributed by atoms with Gasteiger partial charge in [0, 0.05) is 49.7 Å². The Labute approximate surface area is 147 Å². The first kappa shape index (κ1) is 18.5. The quantitative estimate of drug-likeness (QED) is 0.623. The Kier molecular flexibility index (Phi) is 7.30. The second-order valence-electron chi connectivity index (χ2n) is 5.75. The van der Waals surface area contributed by atoms with Crippen LogP contribution in [0.1, 0.15) is 29.7 Å². The van der Waals surface area contributed by atoms with Crippen molar-refractivity contribution in [2.45, 2.75) is 39.2 Å². The number of piperidine rings is 1. The lowest BCUT2D eigenvalue weighted by molar-refractivity contribution is 0.111. The maximum absolute atomic E-state index is 11.5. The molecule has 1 aliphatic heterocycles. The SMILES string of the molecule is CCNC(=NCCc1ncc(C)s1)NC1CCN(C(=O)OC)CC1. The van der Waals surface area contributed by atoms with Gasteiger partial charge in [0.25, 0.3) is 0 Å². The fraction of sp³-hybridized carbons (Fsp3) is 0.688. The summed E-state index contributed by atoms with van der Waals surface area (Å²) < 4.78 is 4.77. The third-order valence-corrected chi connectivity index (χ3v) is 4.85. The van der Waals surface area contributed by atoms with E-state index in [-0.39, 0.29) is 6.09 Å². The van der Waals surface area contributed by atoms with Gasteiger partial charge in [-0.3, -0.25) is 4.99 Å². The molecule has 8 heteroatoms. The number of carbonyl (C=O) groups is 1. The van der Waals surface area contributed by atoms with Crippen LogP contribution in [0.15, 0.2) is 11.2 Å². The number of rotatable bonds is 5. The molecule has 0 unspecified atom stereocenters. The van der Waals surface area contributed by atoms with E-state index in [9.17, 15) is 4.79 Å². The number of nitrogens with zero attached hydrogens (tertiary/aromatic N) is 3. The number of hydrogen-bond acceptors (Lipinski definition) is 5. The van der Waals surface area contributed by atoms with Gasteiger partial charge in [-0.05, 0) is 26.7 Å². The van der Waals surface area contributed by atoms with Crippen molar-refractivity contribution < 1.29 is 9.53 Å². The summed E-state index contributed by atoms with van der Waals surface area (Å²) in [7, 11) is 1.42. The number of aromatic nitrogens is 1. The van der Waals surface area contributed by atoms with Crippen molar-refractivity contribution in [3.63, 3.8) is 0 Å². The molecule has 1 aliphatic rings. The Morgan fingerprint density at radius 3 is 2.83 bits per heavy atom. The van der Waals surface area contributed by atoms with E-state index < -0.39 is 0 Å². The molecule has 0 bridgehead atoms. The summed E-state index contributed by atoms with van der Waals surface area (Å²) in [5, 5.41) is 7.88. The van der Waals surface area contributed by atoms with Crippen LogP contribution in [0.5, 0.6) is 0 Å². The molecular formula is C16H27N5O2S. The summed E-state index contributed by atoms with van der Waals surface area (Å²) in [6.07, 6.45) is 4.31. The molecule has 1 aromatic heterocycles. The van der Waals surface area contributed by atoms with E-state index in [4.69, 9.17) is 4.74 Å². The summed E-state index contributed by atoms with van der Waals surface area (Å²) >= 11 is 1.72. The van der Waals surface area contributed by atoms with Crippen LogP contribution >= 0.6 is 11.3 Å². The highest BCUT2D eigenvalue weighted by molar-refractivity contribution is 7.11. The van der Waals surface area contributed by atoms with Gasteiger partial charge in [0.2, 0.25) is 0 Å². The summed E-state index contributed by atoms with van der Waals surface area (Å²) in [5.74, 6) is 0.835. The molecule has 0 aromatic carbocycles. The van der Waals surface area contributed by atoms with Crippen LogP contribution in [0, 0.1) is 6.92 Å². The Morgan fingerprint density at radius 2 is 2.25 bits per heavy atom. The van der Waals surface area contributed by atoms with Gasteiger partial charge < -0.3 is 20.3 Å². The number of hydrogen-bond donors (Lipinski definition) is 2. The van der Waals surface area contributed by atoms with E-state index in [2.05, 4.69) is 34.5 Å². The Hall–Kier alpha value is -1.83. The minimum atomic E-state index is -0.243. The molecule has 0 saturated carbocycles. The zero-order valence-electron chi connectivity index (χ0n) is 14.7. The predicted octanol–water partition coefficient (Wildman–Crippen LogP) is 1.78. The summed E-state index contributed by atoms with van der Waals surface area (Å²) in [6, 6.07) is 0.325. The van der Waals surface area contributed by atoms with E-state index in [0.29, 0.717) is 25.7 Å². The Balaban J connectivity index is 1.80. The largest absolute Gasteiger partial charge is 0.453 e. The van der Waals surface area contributed by atoms with Crippen LogP contribution in [0.25, 0.3) is 0 Å². The molecule has 0 spiro atoms. The van der Waals surface area contributed by atoms with Crippen molar-refractivity contribution in [2.75, 3.05) is 33.3 Å². The number of nitrogens with one attached hydrogen (secondary N) is 2. The number of carbonyl (C=O) groups excluding carboxylic acids is 1. The van der Waals surface area contributed by atoms with Crippen molar-refractivity contribution in [2.24, 2.45) is 4.99 Å². The van der Waals surface area contributed by atoms with Crippen LogP contribution in [0.4, 0.5) is 4.79 Å². The molecule has 134 valence electrons. The van der Waals surface area contributed by atoms with Gasteiger partial charge in [-0.15, -0.1) is 11.3 Å². The lowest BCUT2D eigenvalue weighted by atomic mass is 10.1. The molecule has 1 aromatic rings. The fourth-order valence-electron chi connectivity index (χ4n) is 2.63. The first-order chi connectivity index (χ1) is 11.6. The average molecular weight is 353 g/mol. The number of thiazole rings is 1. The highest BCUT2D eigenvalue weighted by Crippen LogP contribution is 2.12. The first-order valence-corrected chi connectivity index (χ1v) is 9.23.